The lowest BCUT2D eigenvalue weighted by Crippen LogP contribution is -2.26. The molecule has 17 heavy (non-hydrogen) atoms. The van der Waals surface area contributed by atoms with Crippen molar-refractivity contribution in [2.45, 2.75) is 53.4 Å². The minimum Gasteiger partial charge on any atom is -0.299 e. The lowest BCUT2D eigenvalue weighted by Gasteiger charge is -2.22. The first-order chi connectivity index (χ1) is 7.91. The quantitative estimate of drug-likeness (QED) is 0.652. The number of ketones is 2. The van der Waals surface area contributed by atoms with Gasteiger partial charge in [-0.2, -0.15) is 0 Å². The van der Waals surface area contributed by atoms with E-state index in [4.69, 9.17) is 0 Å². The molecule has 1 aliphatic carbocycles. The second-order valence-corrected chi connectivity index (χ2v) is 5.69. The molecule has 0 radical (unpaired) electrons. The third kappa shape index (κ3) is 4.10. The van der Waals surface area contributed by atoms with Gasteiger partial charge in [-0.3, -0.25) is 9.59 Å². The van der Waals surface area contributed by atoms with Crippen LogP contribution in [0.4, 0.5) is 0 Å². The molecule has 0 aromatic heterocycles. The molecule has 0 amide bonds. The normalized spacial score (nSPS) is 31.2. The average molecular weight is 236 g/mol. The van der Waals surface area contributed by atoms with E-state index >= 15 is 0 Å². The number of carbonyl (C=O) groups is 2. The minimum absolute atomic E-state index is 0.0891. The summed E-state index contributed by atoms with van der Waals surface area (Å²) in [6.07, 6.45) is 4.90. The van der Waals surface area contributed by atoms with Crippen LogP contribution in [-0.2, 0) is 9.59 Å². The summed E-state index contributed by atoms with van der Waals surface area (Å²) in [5.74, 6) is 0.740. The zero-order valence-electron chi connectivity index (χ0n) is 11.5. The molecule has 2 unspecified atom stereocenters. The zero-order chi connectivity index (χ0) is 13.0. The van der Waals surface area contributed by atoms with Crippen LogP contribution in [0.5, 0.6) is 0 Å². The molecule has 2 atom stereocenters. The minimum atomic E-state index is -0.0913. The largest absolute Gasteiger partial charge is 0.299 e. The maximum Gasteiger partial charge on any atom is 0.140 e. The highest BCUT2D eigenvalue weighted by Gasteiger charge is 2.27. The summed E-state index contributed by atoms with van der Waals surface area (Å²) >= 11 is 0. The van der Waals surface area contributed by atoms with Crippen LogP contribution in [0.1, 0.15) is 53.4 Å². The SMILES string of the molecule is C/C1=C\CCC(C)C(=O)CC(C(C)C)C(=O)C1. The molecule has 2 nitrogen and oxygen atoms in total. The molecule has 0 heterocycles. The van der Waals surface area contributed by atoms with Gasteiger partial charge in [0.15, 0.2) is 0 Å². The van der Waals surface area contributed by atoms with Crippen molar-refractivity contribution in [1.29, 1.82) is 0 Å². The highest BCUT2D eigenvalue weighted by atomic mass is 16.1. The fourth-order valence-corrected chi connectivity index (χ4v) is 2.36. The van der Waals surface area contributed by atoms with Crippen LogP contribution >= 0.6 is 0 Å². The Balaban J connectivity index is 2.90. The molecule has 0 saturated carbocycles. The van der Waals surface area contributed by atoms with Gasteiger partial charge in [0.05, 0.1) is 0 Å². The van der Waals surface area contributed by atoms with Gasteiger partial charge >= 0.3 is 0 Å². The third-order valence-corrected chi connectivity index (χ3v) is 3.73. The maximum absolute atomic E-state index is 12.1. The molecule has 1 aliphatic rings. The van der Waals surface area contributed by atoms with Crippen molar-refractivity contribution in [2.24, 2.45) is 17.8 Å². The van der Waals surface area contributed by atoms with Crippen molar-refractivity contribution >= 4 is 11.6 Å². The summed E-state index contributed by atoms with van der Waals surface area (Å²) in [4.78, 5) is 24.1. The second kappa shape index (κ2) is 6.13. The molecular formula is C15H24O2. The van der Waals surface area contributed by atoms with Crippen molar-refractivity contribution in [2.75, 3.05) is 0 Å². The lowest BCUT2D eigenvalue weighted by atomic mass is 9.81. The first-order valence-electron chi connectivity index (χ1n) is 6.63. The van der Waals surface area contributed by atoms with Crippen LogP contribution in [0.25, 0.3) is 0 Å². The van der Waals surface area contributed by atoms with E-state index in [2.05, 4.69) is 6.08 Å². The van der Waals surface area contributed by atoms with E-state index in [-0.39, 0.29) is 29.3 Å². The third-order valence-electron chi connectivity index (χ3n) is 3.73. The predicted molar refractivity (Wildman–Crippen MR) is 69.7 cm³/mol. The lowest BCUT2D eigenvalue weighted by molar-refractivity contribution is -0.130. The van der Waals surface area contributed by atoms with Crippen LogP contribution in [-0.4, -0.2) is 11.6 Å². The zero-order valence-corrected chi connectivity index (χ0v) is 11.5. The number of carbonyl (C=O) groups excluding carboxylic acids is 2. The molecule has 96 valence electrons. The number of Topliss-reactive ketones (excluding diaryl/α,β-unsaturated/α-hetero) is 2. The second-order valence-electron chi connectivity index (χ2n) is 5.69. The maximum atomic E-state index is 12.1. The number of allylic oxidation sites excluding steroid dienone is 2. The van der Waals surface area contributed by atoms with Crippen LogP contribution in [0.15, 0.2) is 11.6 Å². The van der Waals surface area contributed by atoms with E-state index < -0.39 is 0 Å². The molecule has 1 rings (SSSR count). The van der Waals surface area contributed by atoms with Crippen molar-refractivity contribution in [3.63, 3.8) is 0 Å². The van der Waals surface area contributed by atoms with E-state index in [1.54, 1.807) is 0 Å². The molecule has 0 fully saturated rings. The van der Waals surface area contributed by atoms with E-state index in [1.807, 2.05) is 27.7 Å². The number of hydrogen-bond acceptors (Lipinski definition) is 2. The van der Waals surface area contributed by atoms with E-state index in [0.29, 0.717) is 12.8 Å². The van der Waals surface area contributed by atoms with Crippen molar-refractivity contribution in [3.8, 4) is 0 Å². The summed E-state index contributed by atoms with van der Waals surface area (Å²) in [6.45, 7) is 8.06. The Morgan fingerprint density at radius 1 is 1.24 bits per heavy atom. The van der Waals surface area contributed by atoms with E-state index in [0.717, 1.165) is 18.4 Å². The topological polar surface area (TPSA) is 34.1 Å². The van der Waals surface area contributed by atoms with Gasteiger partial charge in [-0.25, -0.2) is 0 Å². The van der Waals surface area contributed by atoms with Crippen LogP contribution in [0, 0.1) is 17.8 Å². The molecular weight excluding hydrogens is 212 g/mol. The average Bonchev–Trinajstić information content (AvgIpc) is 2.23. The summed E-state index contributed by atoms with van der Waals surface area (Å²) in [6, 6.07) is 0. The summed E-state index contributed by atoms with van der Waals surface area (Å²) in [5.41, 5.74) is 1.15. The summed E-state index contributed by atoms with van der Waals surface area (Å²) in [7, 11) is 0. The predicted octanol–water partition coefficient (Wildman–Crippen LogP) is 3.55. The fraction of sp³-hybridized carbons (Fsp3) is 0.733. The summed E-state index contributed by atoms with van der Waals surface area (Å²) in [5, 5.41) is 0. The van der Waals surface area contributed by atoms with Gasteiger partial charge in [-0.1, -0.05) is 32.4 Å². The highest BCUT2D eigenvalue weighted by Crippen LogP contribution is 2.25. The fourth-order valence-electron chi connectivity index (χ4n) is 2.36. The molecule has 0 N–H and O–H groups in total. The van der Waals surface area contributed by atoms with Crippen LogP contribution in [0.2, 0.25) is 0 Å². The van der Waals surface area contributed by atoms with Gasteiger partial charge in [0, 0.05) is 24.7 Å². The van der Waals surface area contributed by atoms with Crippen molar-refractivity contribution in [1.82, 2.24) is 0 Å². The van der Waals surface area contributed by atoms with Crippen LogP contribution in [0.3, 0.4) is 0 Å². The van der Waals surface area contributed by atoms with Gasteiger partial charge in [0.1, 0.15) is 11.6 Å². The van der Waals surface area contributed by atoms with Crippen molar-refractivity contribution < 1.29 is 9.59 Å². The molecule has 0 saturated heterocycles. The standard InChI is InChI=1S/C15H24O2/c1-10(2)13-9-14(16)12(4)7-5-6-11(3)8-15(13)17/h6,10,12-13H,5,7-9H2,1-4H3/b11-6+. The Kier molecular flexibility index (Phi) is 5.10. The smallest absolute Gasteiger partial charge is 0.140 e. The van der Waals surface area contributed by atoms with Gasteiger partial charge in [-0.05, 0) is 25.7 Å². The van der Waals surface area contributed by atoms with E-state index in [9.17, 15) is 9.59 Å². The number of rotatable bonds is 1. The Hall–Kier alpha value is -0.920. The molecule has 0 bridgehead atoms. The Morgan fingerprint density at radius 2 is 1.88 bits per heavy atom. The highest BCUT2D eigenvalue weighted by molar-refractivity contribution is 5.90. The van der Waals surface area contributed by atoms with Gasteiger partial charge < -0.3 is 0 Å². The monoisotopic (exact) mass is 236 g/mol. The molecule has 0 spiro atoms. The van der Waals surface area contributed by atoms with Gasteiger partial charge in [-0.15, -0.1) is 0 Å². The van der Waals surface area contributed by atoms with E-state index in [1.165, 1.54) is 0 Å². The van der Waals surface area contributed by atoms with Crippen LogP contribution < -0.4 is 0 Å². The Bertz CT molecular complexity index is 326. The van der Waals surface area contributed by atoms with Crippen molar-refractivity contribution in [3.05, 3.63) is 11.6 Å². The molecule has 2 heteroatoms. The molecule has 0 aromatic rings. The molecule has 0 aliphatic heterocycles. The Labute approximate surface area is 104 Å². The first kappa shape index (κ1) is 14.1. The van der Waals surface area contributed by atoms with Gasteiger partial charge in [0.25, 0.3) is 0 Å². The first-order valence-corrected chi connectivity index (χ1v) is 6.63. The number of hydrogen-bond donors (Lipinski definition) is 0. The van der Waals surface area contributed by atoms with Gasteiger partial charge in [0.2, 0.25) is 0 Å². The Morgan fingerprint density at radius 3 is 2.47 bits per heavy atom. The molecule has 0 aromatic carbocycles. The summed E-state index contributed by atoms with van der Waals surface area (Å²) < 4.78 is 0.